The molecule has 0 aliphatic heterocycles. The summed E-state index contributed by atoms with van der Waals surface area (Å²) >= 11 is 3.05. The fraction of sp³-hybridized carbons (Fsp3) is 0.182. The van der Waals surface area contributed by atoms with Crippen LogP contribution in [0.1, 0.15) is 5.69 Å². The molecule has 22 heavy (non-hydrogen) atoms. The monoisotopic (exact) mass is 400 g/mol. The molecule has 120 valence electrons. The van der Waals surface area contributed by atoms with E-state index in [9.17, 15) is 21.6 Å². The smallest absolute Gasteiger partial charge is 0.404 e. The highest BCUT2D eigenvalue weighted by Gasteiger charge is 2.34. The van der Waals surface area contributed by atoms with Crippen molar-refractivity contribution in [1.82, 2.24) is 5.16 Å². The van der Waals surface area contributed by atoms with Gasteiger partial charge in [0.25, 0.3) is 15.9 Å². The Hall–Kier alpha value is -1.75. The van der Waals surface area contributed by atoms with Gasteiger partial charge >= 0.3 is 6.36 Å². The molecule has 0 bridgehead atoms. The van der Waals surface area contributed by atoms with Crippen LogP contribution in [0.25, 0.3) is 0 Å². The van der Waals surface area contributed by atoms with E-state index in [1.807, 2.05) is 4.72 Å². The molecule has 0 amide bonds. The fourth-order valence-corrected chi connectivity index (χ4v) is 2.98. The Balaban J connectivity index is 2.40. The number of alkyl halides is 3. The van der Waals surface area contributed by atoms with Gasteiger partial charge in [0.1, 0.15) is 15.1 Å². The predicted octanol–water partition coefficient (Wildman–Crippen LogP) is 3.44. The van der Waals surface area contributed by atoms with E-state index < -0.39 is 27.0 Å². The highest BCUT2D eigenvalue weighted by atomic mass is 79.9. The average molecular weight is 401 g/mol. The summed E-state index contributed by atoms with van der Waals surface area (Å²) < 4.78 is 72.1. The summed E-state index contributed by atoms with van der Waals surface area (Å²) in [5.74, 6) is -1.10. The van der Waals surface area contributed by atoms with Crippen molar-refractivity contribution < 1.29 is 30.8 Å². The van der Waals surface area contributed by atoms with Crippen LogP contribution in [0.5, 0.6) is 5.75 Å². The normalized spacial score (nSPS) is 12.2. The van der Waals surface area contributed by atoms with Crippen LogP contribution >= 0.6 is 15.9 Å². The van der Waals surface area contributed by atoms with E-state index >= 15 is 0 Å². The van der Waals surface area contributed by atoms with Crippen molar-refractivity contribution in [3.63, 3.8) is 0 Å². The molecule has 0 radical (unpaired) electrons. The fourth-order valence-electron chi connectivity index (χ4n) is 1.48. The van der Waals surface area contributed by atoms with E-state index in [0.717, 1.165) is 12.1 Å². The van der Waals surface area contributed by atoms with Gasteiger partial charge in [-0.3, -0.25) is 0 Å². The van der Waals surface area contributed by atoms with Crippen molar-refractivity contribution in [2.75, 3.05) is 4.72 Å². The molecule has 1 aromatic carbocycles. The average Bonchev–Trinajstić information content (AvgIpc) is 2.69. The number of halogens is 4. The third kappa shape index (κ3) is 3.71. The Morgan fingerprint density at radius 3 is 2.50 bits per heavy atom. The van der Waals surface area contributed by atoms with E-state index in [0.29, 0.717) is 5.69 Å². The number of sulfonamides is 1. The molecule has 1 aromatic heterocycles. The lowest BCUT2D eigenvalue weighted by Crippen LogP contribution is -2.20. The van der Waals surface area contributed by atoms with Crippen LogP contribution in [0.3, 0.4) is 0 Å². The van der Waals surface area contributed by atoms with Gasteiger partial charge in [-0.1, -0.05) is 17.3 Å². The van der Waals surface area contributed by atoms with E-state index in [1.54, 1.807) is 6.92 Å². The first kappa shape index (κ1) is 16.6. The molecule has 2 rings (SSSR count). The number of ether oxygens (including phenoxy) is 1. The third-order valence-electron chi connectivity index (χ3n) is 2.38. The molecular weight excluding hydrogens is 393 g/mol. The highest BCUT2D eigenvalue weighted by Crippen LogP contribution is 2.32. The van der Waals surface area contributed by atoms with Crippen molar-refractivity contribution in [1.29, 1.82) is 0 Å². The molecule has 0 atom stereocenters. The number of rotatable bonds is 4. The molecule has 11 heteroatoms. The lowest BCUT2D eigenvalue weighted by molar-refractivity contribution is -0.275. The second-order valence-electron chi connectivity index (χ2n) is 4.01. The Bertz CT molecular complexity index is 789. The number of para-hydroxylation sites is 1. The molecule has 2 aromatic rings. The molecule has 0 spiro atoms. The molecular formula is C11H8BrF3N2O4S. The van der Waals surface area contributed by atoms with Gasteiger partial charge in [0.15, 0.2) is 0 Å². The zero-order valence-electron chi connectivity index (χ0n) is 10.8. The summed E-state index contributed by atoms with van der Waals surface area (Å²) in [5.41, 5.74) is 0.373. The maximum absolute atomic E-state index is 12.3. The standard InChI is InChI=1S/C11H8BrF3N2O4S/c1-6-9(12)10(21-16-6)17-22(18,19)8-5-3-2-4-7(8)20-11(13,14)15/h2-5,17H,1H3. The van der Waals surface area contributed by atoms with E-state index in [2.05, 4.69) is 25.8 Å². The van der Waals surface area contributed by atoms with E-state index in [1.165, 1.54) is 12.1 Å². The molecule has 1 heterocycles. The van der Waals surface area contributed by atoms with Crippen LogP contribution in [-0.2, 0) is 10.0 Å². The van der Waals surface area contributed by atoms with Crippen LogP contribution < -0.4 is 9.46 Å². The summed E-state index contributed by atoms with van der Waals surface area (Å²) in [5, 5.41) is 3.52. The van der Waals surface area contributed by atoms with Gasteiger partial charge in [0, 0.05) is 0 Å². The molecule has 0 aliphatic rings. The van der Waals surface area contributed by atoms with Gasteiger partial charge in [-0.05, 0) is 35.0 Å². The molecule has 0 fully saturated rings. The molecule has 0 unspecified atom stereocenters. The first-order valence-electron chi connectivity index (χ1n) is 5.59. The van der Waals surface area contributed by atoms with Gasteiger partial charge in [-0.15, -0.1) is 13.2 Å². The predicted molar refractivity (Wildman–Crippen MR) is 72.9 cm³/mol. The highest BCUT2D eigenvalue weighted by molar-refractivity contribution is 9.10. The Kier molecular flexibility index (Phi) is 4.38. The summed E-state index contributed by atoms with van der Waals surface area (Å²) in [7, 11) is -4.36. The quantitative estimate of drug-likeness (QED) is 0.849. The summed E-state index contributed by atoms with van der Waals surface area (Å²) in [6.45, 7) is 1.55. The summed E-state index contributed by atoms with van der Waals surface area (Å²) in [6, 6.07) is 4.34. The third-order valence-corrected chi connectivity index (χ3v) is 4.69. The minimum Gasteiger partial charge on any atom is -0.404 e. The number of anilines is 1. The molecule has 0 saturated carbocycles. The Morgan fingerprint density at radius 1 is 1.32 bits per heavy atom. The van der Waals surface area contributed by atoms with Gasteiger partial charge in [0.2, 0.25) is 0 Å². The number of nitrogens with one attached hydrogen (secondary N) is 1. The SMILES string of the molecule is Cc1noc(NS(=O)(=O)c2ccccc2OC(F)(F)F)c1Br. The lowest BCUT2D eigenvalue weighted by Gasteiger charge is -2.13. The largest absolute Gasteiger partial charge is 0.573 e. The minimum atomic E-state index is -5.02. The van der Waals surface area contributed by atoms with E-state index in [4.69, 9.17) is 4.52 Å². The summed E-state index contributed by atoms with van der Waals surface area (Å²) in [6.07, 6.45) is -5.02. The van der Waals surface area contributed by atoms with Crippen molar-refractivity contribution >= 4 is 31.8 Å². The first-order valence-corrected chi connectivity index (χ1v) is 7.87. The molecule has 0 aliphatic carbocycles. The van der Waals surface area contributed by atoms with Gasteiger partial charge in [-0.25, -0.2) is 13.1 Å². The van der Waals surface area contributed by atoms with E-state index in [-0.39, 0.29) is 10.4 Å². The van der Waals surface area contributed by atoms with Gasteiger partial charge in [0.05, 0.1) is 5.69 Å². The van der Waals surface area contributed by atoms with Crippen molar-refractivity contribution in [2.45, 2.75) is 18.2 Å². The van der Waals surface area contributed by atoms with Crippen LogP contribution in [0.4, 0.5) is 19.1 Å². The second kappa shape index (κ2) is 5.80. The van der Waals surface area contributed by atoms with Crippen molar-refractivity contribution in [3.8, 4) is 5.75 Å². The number of aromatic nitrogens is 1. The molecule has 0 saturated heterocycles. The Morgan fingerprint density at radius 2 is 1.95 bits per heavy atom. The van der Waals surface area contributed by atoms with Crippen LogP contribution in [0, 0.1) is 6.92 Å². The number of nitrogens with zero attached hydrogens (tertiary/aromatic N) is 1. The van der Waals surface area contributed by atoms with Crippen LogP contribution in [0.2, 0.25) is 0 Å². The van der Waals surface area contributed by atoms with Gasteiger partial charge in [-0.2, -0.15) is 0 Å². The second-order valence-corrected chi connectivity index (χ2v) is 6.45. The molecule has 6 nitrogen and oxygen atoms in total. The topological polar surface area (TPSA) is 81.4 Å². The maximum Gasteiger partial charge on any atom is 0.573 e. The summed E-state index contributed by atoms with van der Waals surface area (Å²) in [4.78, 5) is -0.687. The number of aryl methyl sites for hydroxylation is 1. The van der Waals surface area contributed by atoms with Crippen molar-refractivity contribution in [2.24, 2.45) is 0 Å². The maximum atomic E-state index is 12.3. The molecule has 1 N–H and O–H groups in total. The van der Waals surface area contributed by atoms with Crippen LogP contribution in [0.15, 0.2) is 38.2 Å². The number of benzene rings is 1. The first-order chi connectivity index (χ1) is 10.1. The minimum absolute atomic E-state index is 0.241. The number of hydrogen-bond acceptors (Lipinski definition) is 5. The zero-order valence-corrected chi connectivity index (χ0v) is 13.2. The number of hydrogen-bond donors (Lipinski definition) is 1. The van der Waals surface area contributed by atoms with Gasteiger partial charge < -0.3 is 9.26 Å². The lowest BCUT2D eigenvalue weighted by atomic mass is 10.3. The van der Waals surface area contributed by atoms with Crippen LogP contribution in [-0.4, -0.2) is 19.9 Å². The van der Waals surface area contributed by atoms with Crippen molar-refractivity contribution in [3.05, 3.63) is 34.4 Å². The Labute approximate surface area is 131 Å². The zero-order chi connectivity index (χ0) is 16.5.